The van der Waals surface area contributed by atoms with E-state index in [9.17, 15) is 14.4 Å². The van der Waals surface area contributed by atoms with E-state index in [1.165, 1.54) is 36.5 Å². The molecule has 1 aliphatic carbocycles. The first-order valence-electron chi connectivity index (χ1n) is 12.1. The Hall–Kier alpha value is -3.45. The van der Waals surface area contributed by atoms with Gasteiger partial charge in [0.15, 0.2) is 0 Å². The van der Waals surface area contributed by atoms with Gasteiger partial charge in [0.25, 0.3) is 5.91 Å². The minimum atomic E-state index is -0.361. The number of allylic oxidation sites excluding steroid dienone is 2. The van der Waals surface area contributed by atoms with Gasteiger partial charge in [0.1, 0.15) is 0 Å². The van der Waals surface area contributed by atoms with Gasteiger partial charge in [0.05, 0.1) is 17.5 Å². The first-order valence-corrected chi connectivity index (χ1v) is 12.1. The molecular weight excluding hydrogens is 428 g/mol. The van der Waals surface area contributed by atoms with Gasteiger partial charge in [-0.15, -0.1) is 0 Å². The summed E-state index contributed by atoms with van der Waals surface area (Å²) in [4.78, 5) is 40.9. The van der Waals surface area contributed by atoms with Crippen LogP contribution in [0.2, 0.25) is 0 Å². The van der Waals surface area contributed by atoms with E-state index in [-0.39, 0.29) is 29.6 Å². The van der Waals surface area contributed by atoms with E-state index in [1.807, 2.05) is 24.3 Å². The van der Waals surface area contributed by atoms with Crippen LogP contribution in [0, 0.1) is 11.8 Å². The molecule has 7 heteroatoms. The third kappa shape index (κ3) is 4.75. The fourth-order valence-electron chi connectivity index (χ4n) is 5.02. The third-order valence-corrected chi connectivity index (χ3v) is 7.02. The molecule has 3 amide bonds. The van der Waals surface area contributed by atoms with Gasteiger partial charge in [-0.3, -0.25) is 19.8 Å². The van der Waals surface area contributed by atoms with Crippen LogP contribution in [0.4, 0.5) is 11.4 Å². The van der Waals surface area contributed by atoms with Crippen LogP contribution in [-0.4, -0.2) is 42.3 Å². The number of likely N-dealkylation sites (tertiary alicyclic amines) is 1. The predicted octanol–water partition coefficient (Wildman–Crippen LogP) is 3.54. The Morgan fingerprint density at radius 2 is 1.71 bits per heavy atom. The van der Waals surface area contributed by atoms with Crippen molar-refractivity contribution >= 4 is 29.1 Å². The molecule has 0 saturated carbocycles. The van der Waals surface area contributed by atoms with E-state index in [0.717, 1.165) is 18.7 Å². The lowest BCUT2D eigenvalue weighted by Crippen LogP contribution is -2.59. The minimum Gasteiger partial charge on any atom is -0.322 e. The molecule has 34 heavy (non-hydrogen) atoms. The Morgan fingerprint density at radius 3 is 2.47 bits per heavy atom. The minimum absolute atomic E-state index is 0.143. The summed E-state index contributed by atoms with van der Waals surface area (Å²) >= 11 is 0. The molecule has 2 saturated heterocycles. The molecule has 0 radical (unpaired) electrons. The van der Waals surface area contributed by atoms with Gasteiger partial charge in [-0.1, -0.05) is 30.4 Å². The van der Waals surface area contributed by atoms with Gasteiger partial charge in [-0.05, 0) is 81.1 Å². The maximum atomic E-state index is 13.0. The lowest BCUT2D eigenvalue weighted by atomic mass is 9.80. The van der Waals surface area contributed by atoms with E-state index >= 15 is 0 Å². The summed E-state index contributed by atoms with van der Waals surface area (Å²) in [5.74, 6) is -1.25. The molecule has 176 valence electrons. The second kappa shape index (κ2) is 9.81. The zero-order chi connectivity index (χ0) is 23.5. The molecule has 2 aromatic carbocycles. The van der Waals surface area contributed by atoms with E-state index in [4.69, 9.17) is 0 Å². The number of benzene rings is 2. The van der Waals surface area contributed by atoms with Crippen molar-refractivity contribution in [3.63, 3.8) is 0 Å². The largest absolute Gasteiger partial charge is 0.322 e. The van der Waals surface area contributed by atoms with Gasteiger partial charge in [0, 0.05) is 17.8 Å². The van der Waals surface area contributed by atoms with Crippen molar-refractivity contribution in [2.75, 3.05) is 30.0 Å². The number of anilines is 2. The van der Waals surface area contributed by atoms with Gasteiger partial charge in [-0.2, -0.15) is 0 Å². The number of nitrogens with zero attached hydrogens (tertiary/aromatic N) is 2. The lowest BCUT2D eigenvalue weighted by molar-refractivity contribution is -0.139. The Morgan fingerprint density at radius 1 is 0.971 bits per heavy atom. The number of hydrazine groups is 1. The van der Waals surface area contributed by atoms with E-state index in [2.05, 4.69) is 27.8 Å². The molecule has 0 spiro atoms. The molecule has 2 fully saturated rings. The van der Waals surface area contributed by atoms with Gasteiger partial charge in [0.2, 0.25) is 11.8 Å². The number of nitrogens with one attached hydrogen (secondary N) is 2. The highest BCUT2D eigenvalue weighted by Crippen LogP contribution is 2.32. The molecule has 3 aliphatic rings. The summed E-state index contributed by atoms with van der Waals surface area (Å²) < 4.78 is 0. The quantitative estimate of drug-likeness (QED) is 0.649. The summed E-state index contributed by atoms with van der Waals surface area (Å²) in [5.41, 5.74) is 5.59. The first-order chi connectivity index (χ1) is 16.6. The molecule has 0 bridgehead atoms. The molecule has 2 aliphatic heterocycles. The molecule has 2 N–H and O–H groups in total. The summed E-state index contributed by atoms with van der Waals surface area (Å²) in [6.45, 7) is 3.46. The Balaban J connectivity index is 1.23. The average Bonchev–Trinajstić information content (AvgIpc) is 3.40. The maximum absolute atomic E-state index is 13.0. The lowest BCUT2D eigenvalue weighted by Gasteiger charge is -2.38. The van der Waals surface area contributed by atoms with Crippen molar-refractivity contribution < 1.29 is 14.4 Å². The van der Waals surface area contributed by atoms with Crippen LogP contribution in [0.3, 0.4) is 0 Å². The van der Waals surface area contributed by atoms with E-state index < -0.39 is 0 Å². The zero-order valence-corrected chi connectivity index (χ0v) is 19.2. The summed E-state index contributed by atoms with van der Waals surface area (Å²) in [6, 6.07) is 14.7. The number of amides is 3. The van der Waals surface area contributed by atoms with Gasteiger partial charge in [-0.25, -0.2) is 5.01 Å². The molecule has 5 rings (SSSR count). The number of carbonyl (C=O) groups is 3. The number of hydrogen-bond donors (Lipinski definition) is 2. The van der Waals surface area contributed by atoms with Crippen LogP contribution in [0.1, 0.15) is 41.6 Å². The summed E-state index contributed by atoms with van der Waals surface area (Å²) in [7, 11) is 0. The fraction of sp³-hybridized carbons (Fsp3) is 0.370. The molecule has 2 heterocycles. The van der Waals surface area contributed by atoms with Crippen LogP contribution in [0.5, 0.6) is 0 Å². The molecule has 2 unspecified atom stereocenters. The van der Waals surface area contributed by atoms with E-state index in [0.29, 0.717) is 24.1 Å². The molecule has 2 aromatic rings. The fourth-order valence-corrected chi connectivity index (χ4v) is 5.02. The Labute approximate surface area is 199 Å². The van der Waals surface area contributed by atoms with E-state index in [1.54, 1.807) is 24.3 Å². The zero-order valence-electron chi connectivity index (χ0n) is 19.2. The number of rotatable bonds is 6. The number of hydrogen-bond acceptors (Lipinski definition) is 4. The number of fused-ring (bicyclic) bond motifs is 1. The SMILES string of the molecule is O=C(Nc1ccc(CCN2CCCC2)cc1)c1cccc(N2NC(=O)C3CC=CCC3C2=O)c1. The van der Waals surface area contributed by atoms with Crippen molar-refractivity contribution in [3.05, 3.63) is 71.8 Å². The second-order valence-corrected chi connectivity index (χ2v) is 9.31. The third-order valence-electron chi connectivity index (χ3n) is 7.02. The predicted molar refractivity (Wildman–Crippen MR) is 131 cm³/mol. The standard InChI is InChI=1S/C27H30N4O3/c32-25(28-21-12-10-19(11-13-21)14-17-30-15-3-4-16-30)20-6-5-7-22(18-20)31-27(34)24-9-2-1-8-23(24)26(33)29-31/h1-2,5-7,10-13,18,23-24H,3-4,8-9,14-17H2,(H,28,32)(H,29,33). The van der Waals surface area contributed by atoms with Crippen molar-refractivity contribution in [1.82, 2.24) is 10.3 Å². The van der Waals surface area contributed by atoms with Crippen molar-refractivity contribution in [3.8, 4) is 0 Å². The van der Waals surface area contributed by atoms with Crippen molar-refractivity contribution in [1.29, 1.82) is 0 Å². The maximum Gasteiger partial charge on any atom is 0.255 e. The average molecular weight is 459 g/mol. The van der Waals surface area contributed by atoms with Crippen LogP contribution in [0.25, 0.3) is 0 Å². The van der Waals surface area contributed by atoms with Crippen LogP contribution in [0.15, 0.2) is 60.7 Å². The summed E-state index contributed by atoms with van der Waals surface area (Å²) in [5, 5.41) is 4.22. The van der Waals surface area contributed by atoms with Crippen molar-refractivity contribution in [2.45, 2.75) is 32.1 Å². The second-order valence-electron chi connectivity index (χ2n) is 9.31. The molecule has 2 atom stereocenters. The Kier molecular flexibility index (Phi) is 6.45. The number of carbonyl (C=O) groups excluding carboxylic acids is 3. The smallest absolute Gasteiger partial charge is 0.255 e. The van der Waals surface area contributed by atoms with Crippen LogP contribution >= 0.6 is 0 Å². The van der Waals surface area contributed by atoms with Crippen LogP contribution < -0.4 is 15.8 Å². The monoisotopic (exact) mass is 458 g/mol. The highest BCUT2D eigenvalue weighted by Gasteiger charge is 2.42. The Bertz CT molecular complexity index is 1110. The normalized spacial score (nSPS) is 22.4. The summed E-state index contributed by atoms with van der Waals surface area (Å²) in [6.07, 6.45) is 8.64. The van der Waals surface area contributed by atoms with Crippen LogP contribution in [-0.2, 0) is 16.0 Å². The highest BCUT2D eigenvalue weighted by atomic mass is 16.2. The molecule has 0 aromatic heterocycles. The molecular formula is C27H30N4O3. The van der Waals surface area contributed by atoms with Gasteiger partial charge >= 0.3 is 0 Å². The van der Waals surface area contributed by atoms with Gasteiger partial charge < -0.3 is 10.2 Å². The highest BCUT2D eigenvalue weighted by molar-refractivity contribution is 6.07. The molecule has 7 nitrogen and oxygen atoms in total. The first kappa shape index (κ1) is 22.3. The topological polar surface area (TPSA) is 81.8 Å². The van der Waals surface area contributed by atoms with Crippen molar-refractivity contribution in [2.24, 2.45) is 11.8 Å².